The molecule has 114 valence electrons. The zero-order valence-electron chi connectivity index (χ0n) is 11.6. The van der Waals surface area contributed by atoms with Crippen LogP contribution in [0.4, 0.5) is 5.82 Å². The number of sulfonamides is 1. The quantitative estimate of drug-likeness (QED) is 0.716. The van der Waals surface area contributed by atoms with Crippen molar-refractivity contribution in [3.8, 4) is 0 Å². The topological polar surface area (TPSA) is 99.8 Å². The van der Waals surface area contributed by atoms with E-state index < -0.39 is 10.0 Å². The van der Waals surface area contributed by atoms with Crippen molar-refractivity contribution < 1.29 is 8.42 Å². The van der Waals surface area contributed by atoms with Crippen LogP contribution in [0.15, 0.2) is 27.8 Å². The number of nitrogens with zero attached hydrogens (tertiary/aromatic N) is 2. The molecular weight excluding hydrogens is 358 g/mol. The predicted octanol–water partition coefficient (Wildman–Crippen LogP) is 1.79. The van der Waals surface area contributed by atoms with Crippen LogP contribution in [0.2, 0.25) is 0 Å². The molecule has 0 unspecified atom stereocenters. The Morgan fingerprint density at radius 2 is 2.19 bits per heavy atom. The van der Waals surface area contributed by atoms with Crippen LogP contribution in [-0.2, 0) is 16.6 Å². The molecule has 0 aliphatic carbocycles. The molecule has 0 aromatic carbocycles. The van der Waals surface area contributed by atoms with Crippen LogP contribution >= 0.6 is 15.9 Å². The lowest BCUT2D eigenvalue weighted by Crippen LogP contribution is -2.19. The van der Waals surface area contributed by atoms with E-state index in [1.807, 2.05) is 6.92 Å². The lowest BCUT2D eigenvalue weighted by Gasteiger charge is -2.09. The Labute approximate surface area is 131 Å². The van der Waals surface area contributed by atoms with Crippen molar-refractivity contribution in [1.29, 1.82) is 0 Å². The molecule has 0 amide bonds. The summed E-state index contributed by atoms with van der Waals surface area (Å²) in [6.07, 6.45) is 1.51. The number of hydrogen-bond acceptors (Lipinski definition) is 5. The summed E-state index contributed by atoms with van der Waals surface area (Å²) in [7, 11) is -3.80. The number of anilines is 1. The van der Waals surface area contributed by atoms with Gasteiger partial charge >= 0.3 is 0 Å². The first kappa shape index (κ1) is 15.9. The molecule has 2 aromatic rings. The maximum Gasteiger partial charge on any atom is 0.282 e. The van der Waals surface area contributed by atoms with Crippen molar-refractivity contribution in [2.24, 2.45) is 0 Å². The summed E-state index contributed by atoms with van der Waals surface area (Å²) >= 11 is 3.26. The highest BCUT2D eigenvalue weighted by molar-refractivity contribution is 9.10. The smallest absolute Gasteiger partial charge is 0.282 e. The molecular formula is C12H16BrN5O2S. The fourth-order valence-corrected chi connectivity index (χ4v) is 3.46. The van der Waals surface area contributed by atoms with Gasteiger partial charge in [0.1, 0.15) is 0 Å². The zero-order valence-corrected chi connectivity index (χ0v) is 14.0. The summed E-state index contributed by atoms with van der Waals surface area (Å²) in [5.74, 6) is 0.229. The van der Waals surface area contributed by atoms with E-state index in [-0.39, 0.29) is 10.8 Å². The third kappa shape index (κ3) is 3.60. The molecule has 0 saturated carbocycles. The molecule has 0 spiro atoms. The van der Waals surface area contributed by atoms with Crippen LogP contribution in [0.3, 0.4) is 0 Å². The Balaban J connectivity index is 2.34. The van der Waals surface area contributed by atoms with Gasteiger partial charge in [0.2, 0.25) is 5.03 Å². The number of halogens is 1. The van der Waals surface area contributed by atoms with Gasteiger partial charge in [0.15, 0.2) is 5.82 Å². The number of hydrogen-bond donors (Lipinski definition) is 3. The van der Waals surface area contributed by atoms with Crippen LogP contribution in [-0.4, -0.2) is 30.1 Å². The van der Waals surface area contributed by atoms with Gasteiger partial charge in [-0.1, -0.05) is 6.92 Å². The van der Waals surface area contributed by atoms with Gasteiger partial charge < -0.3 is 5.32 Å². The second-order valence-electron chi connectivity index (χ2n) is 4.35. The minimum Gasteiger partial charge on any atom is -0.313 e. The predicted molar refractivity (Wildman–Crippen MR) is 83.5 cm³/mol. The second-order valence-corrected chi connectivity index (χ2v) is 6.80. The van der Waals surface area contributed by atoms with E-state index in [0.717, 1.165) is 12.2 Å². The van der Waals surface area contributed by atoms with Crippen LogP contribution in [0.5, 0.6) is 0 Å². The summed E-state index contributed by atoms with van der Waals surface area (Å²) in [6, 6.07) is 3.41. The van der Waals surface area contributed by atoms with Gasteiger partial charge in [0.25, 0.3) is 10.0 Å². The van der Waals surface area contributed by atoms with Crippen LogP contribution in [0.1, 0.15) is 18.2 Å². The lowest BCUT2D eigenvalue weighted by molar-refractivity contribution is 0.594. The van der Waals surface area contributed by atoms with Crippen molar-refractivity contribution in [2.45, 2.75) is 25.4 Å². The summed E-state index contributed by atoms with van der Waals surface area (Å²) < 4.78 is 27.9. The van der Waals surface area contributed by atoms with Gasteiger partial charge in [-0.2, -0.15) is 13.5 Å². The third-order valence-electron chi connectivity index (χ3n) is 2.83. The van der Waals surface area contributed by atoms with Crippen LogP contribution in [0, 0.1) is 6.92 Å². The van der Waals surface area contributed by atoms with E-state index in [1.165, 1.54) is 6.20 Å². The fraction of sp³-hybridized carbons (Fsp3) is 0.333. The standard InChI is InChI=1S/C12H16BrN5O2S/c1-3-14-7-9-8(2)16-17-12(9)21(19,20)18-11-10(13)5-4-6-15-11/h4-6,14H,3,7H2,1-2H3,(H,15,18)(H,16,17). The monoisotopic (exact) mass is 373 g/mol. The number of aromatic amines is 1. The minimum absolute atomic E-state index is 0.0153. The number of rotatable bonds is 6. The molecule has 3 N–H and O–H groups in total. The summed E-state index contributed by atoms with van der Waals surface area (Å²) in [5.41, 5.74) is 1.34. The van der Waals surface area contributed by atoms with Crippen molar-refractivity contribution in [1.82, 2.24) is 20.5 Å². The van der Waals surface area contributed by atoms with Crippen molar-refractivity contribution in [3.63, 3.8) is 0 Å². The average Bonchev–Trinajstić information content (AvgIpc) is 2.81. The molecule has 0 aliphatic heterocycles. The minimum atomic E-state index is -3.80. The fourth-order valence-electron chi connectivity index (χ4n) is 1.75. The molecule has 0 fully saturated rings. The highest BCUT2D eigenvalue weighted by atomic mass is 79.9. The molecule has 2 rings (SSSR count). The molecule has 2 heterocycles. The first-order valence-electron chi connectivity index (χ1n) is 6.33. The number of aromatic nitrogens is 3. The van der Waals surface area contributed by atoms with Gasteiger partial charge in [0, 0.05) is 24.0 Å². The van der Waals surface area contributed by atoms with E-state index in [1.54, 1.807) is 19.1 Å². The Morgan fingerprint density at radius 3 is 2.86 bits per heavy atom. The molecule has 0 aliphatic rings. The third-order valence-corrected chi connectivity index (χ3v) is 4.78. The normalized spacial score (nSPS) is 11.6. The number of nitrogens with one attached hydrogen (secondary N) is 3. The van der Waals surface area contributed by atoms with Gasteiger partial charge in [-0.05, 0) is 41.5 Å². The number of pyridine rings is 1. The largest absolute Gasteiger partial charge is 0.313 e. The first-order valence-corrected chi connectivity index (χ1v) is 8.61. The van der Waals surface area contributed by atoms with E-state index >= 15 is 0 Å². The first-order chi connectivity index (χ1) is 9.95. The van der Waals surface area contributed by atoms with Crippen molar-refractivity contribution in [3.05, 3.63) is 34.1 Å². The molecule has 0 bridgehead atoms. The molecule has 0 saturated heterocycles. The van der Waals surface area contributed by atoms with E-state index in [9.17, 15) is 8.42 Å². The molecule has 7 nitrogen and oxygen atoms in total. The van der Waals surface area contributed by atoms with Crippen molar-refractivity contribution in [2.75, 3.05) is 11.3 Å². The molecule has 9 heteroatoms. The summed E-state index contributed by atoms with van der Waals surface area (Å²) in [5, 5.41) is 9.71. The molecule has 2 aromatic heterocycles. The Bertz CT molecular complexity index is 729. The molecule has 21 heavy (non-hydrogen) atoms. The van der Waals surface area contributed by atoms with Gasteiger partial charge in [-0.25, -0.2) is 4.98 Å². The second kappa shape index (κ2) is 6.54. The lowest BCUT2D eigenvalue weighted by atomic mass is 10.2. The highest BCUT2D eigenvalue weighted by Gasteiger charge is 2.24. The van der Waals surface area contributed by atoms with Gasteiger partial charge in [-0.15, -0.1) is 0 Å². The average molecular weight is 374 g/mol. The van der Waals surface area contributed by atoms with Crippen LogP contribution < -0.4 is 10.0 Å². The molecule has 0 atom stereocenters. The van der Waals surface area contributed by atoms with E-state index in [2.05, 4.69) is 41.2 Å². The summed E-state index contributed by atoms with van der Waals surface area (Å²) in [6.45, 7) is 4.91. The highest BCUT2D eigenvalue weighted by Crippen LogP contribution is 2.23. The van der Waals surface area contributed by atoms with E-state index in [4.69, 9.17) is 0 Å². The van der Waals surface area contributed by atoms with Crippen LogP contribution in [0.25, 0.3) is 0 Å². The Hall–Kier alpha value is -1.45. The maximum absolute atomic E-state index is 12.5. The van der Waals surface area contributed by atoms with E-state index in [0.29, 0.717) is 16.6 Å². The Kier molecular flexibility index (Phi) is 4.96. The maximum atomic E-state index is 12.5. The number of aryl methyl sites for hydroxylation is 1. The Morgan fingerprint density at radius 1 is 1.43 bits per heavy atom. The van der Waals surface area contributed by atoms with Crippen molar-refractivity contribution >= 4 is 31.8 Å². The van der Waals surface area contributed by atoms with Gasteiger partial charge in [0.05, 0.1) is 4.47 Å². The zero-order chi connectivity index (χ0) is 15.5. The SMILES string of the molecule is CCNCc1c(S(=O)(=O)Nc2ncccc2Br)n[nH]c1C. The van der Waals surface area contributed by atoms with Gasteiger partial charge in [-0.3, -0.25) is 9.82 Å². The number of H-pyrrole nitrogens is 1. The molecule has 0 radical (unpaired) electrons. The summed E-state index contributed by atoms with van der Waals surface area (Å²) in [4.78, 5) is 4.00.